The summed E-state index contributed by atoms with van der Waals surface area (Å²) in [6.07, 6.45) is 2.30. The first-order chi connectivity index (χ1) is 16.9. The van der Waals surface area contributed by atoms with Crippen molar-refractivity contribution < 1.29 is 13.2 Å². The minimum Gasteiger partial charge on any atom is -0.365 e. The van der Waals surface area contributed by atoms with Gasteiger partial charge in [-0.3, -0.25) is 4.79 Å². The normalized spacial score (nSPS) is 17.4. The van der Waals surface area contributed by atoms with E-state index in [2.05, 4.69) is 49.9 Å². The van der Waals surface area contributed by atoms with Crippen LogP contribution in [0.15, 0.2) is 64.6 Å². The van der Waals surface area contributed by atoms with Crippen LogP contribution in [-0.4, -0.2) is 36.4 Å². The summed E-state index contributed by atoms with van der Waals surface area (Å²) >= 11 is 0. The Bertz CT molecular complexity index is 1380. The van der Waals surface area contributed by atoms with Crippen LogP contribution in [0.25, 0.3) is 0 Å². The highest BCUT2D eigenvalue weighted by atomic mass is 32.2. The summed E-state index contributed by atoms with van der Waals surface area (Å²) in [5.74, 6) is 0.591. The molecule has 1 amide bonds. The monoisotopic (exact) mass is 507 g/mol. The summed E-state index contributed by atoms with van der Waals surface area (Å²) in [5.41, 5.74) is 7.33. The molecule has 8 nitrogen and oxygen atoms in total. The van der Waals surface area contributed by atoms with Crippen molar-refractivity contribution in [3.8, 4) is 0 Å². The van der Waals surface area contributed by atoms with Crippen molar-refractivity contribution in [1.82, 2.24) is 9.97 Å². The molecule has 1 atom stereocenters. The van der Waals surface area contributed by atoms with Gasteiger partial charge < -0.3 is 16.0 Å². The van der Waals surface area contributed by atoms with Gasteiger partial charge in [-0.25, -0.2) is 18.4 Å². The van der Waals surface area contributed by atoms with Crippen LogP contribution in [0.1, 0.15) is 62.9 Å². The smallest absolute Gasteiger partial charge is 0.253 e. The van der Waals surface area contributed by atoms with Gasteiger partial charge in [0.2, 0.25) is 9.84 Å². The first-order valence-electron chi connectivity index (χ1n) is 12.1. The Kier molecular flexibility index (Phi) is 6.79. The Hall–Kier alpha value is -3.46. The van der Waals surface area contributed by atoms with Crippen LogP contribution in [-0.2, 0) is 9.84 Å². The van der Waals surface area contributed by atoms with E-state index in [4.69, 9.17) is 5.73 Å². The SMILES string of the molecule is CC1CN(c2nccc(S(=O)(=O)c3cccc(Nc4ccc(C(C)C)cc4)n3)c2C(N)=O)C(C)(C)C1. The number of hydrogen-bond donors (Lipinski definition) is 2. The third-order valence-electron chi connectivity index (χ3n) is 6.61. The number of anilines is 3. The number of primary amides is 1. The van der Waals surface area contributed by atoms with Gasteiger partial charge in [-0.1, -0.05) is 39.0 Å². The summed E-state index contributed by atoms with van der Waals surface area (Å²) in [5, 5.41) is 2.97. The molecule has 0 saturated carbocycles. The molecule has 1 fully saturated rings. The van der Waals surface area contributed by atoms with E-state index < -0.39 is 15.7 Å². The molecule has 1 aliphatic heterocycles. The number of pyridine rings is 2. The predicted octanol–water partition coefficient (Wildman–Crippen LogP) is 4.90. The number of hydrogen-bond acceptors (Lipinski definition) is 7. The number of aromatic nitrogens is 2. The van der Waals surface area contributed by atoms with E-state index in [1.54, 1.807) is 12.1 Å². The molecule has 1 aliphatic rings. The number of nitrogens with zero attached hydrogens (tertiary/aromatic N) is 3. The van der Waals surface area contributed by atoms with Crippen molar-refractivity contribution in [2.24, 2.45) is 11.7 Å². The van der Waals surface area contributed by atoms with Crippen LogP contribution < -0.4 is 16.0 Å². The van der Waals surface area contributed by atoms with Gasteiger partial charge in [0, 0.05) is 24.0 Å². The molecule has 3 heterocycles. The van der Waals surface area contributed by atoms with Gasteiger partial charge in [0.05, 0.1) is 4.90 Å². The van der Waals surface area contributed by atoms with Crippen LogP contribution in [0.2, 0.25) is 0 Å². The first-order valence-corrected chi connectivity index (χ1v) is 13.5. The number of sulfone groups is 1. The zero-order valence-electron chi connectivity index (χ0n) is 21.3. The number of amides is 1. The van der Waals surface area contributed by atoms with E-state index in [9.17, 15) is 13.2 Å². The number of nitrogens with one attached hydrogen (secondary N) is 1. The largest absolute Gasteiger partial charge is 0.365 e. The maximum atomic E-state index is 13.7. The fraction of sp³-hybridized carbons (Fsp3) is 0.370. The average Bonchev–Trinajstić information content (AvgIpc) is 3.10. The van der Waals surface area contributed by atoms with Gasteiger partial charge in [-0.15, -0.1) is 0 Å². The average molecular weight is 508 g/mol. The lowest BCUT2D eigenvalue weighted by Gasteiger charge is -2.33. The summed E-state index contributed by atoms with van der Waals surface area (Å²) < 4.78 is 27.5. The predicted molar refractivity (Wildman–Crippen MR) is 141 cm³/mol. The van der Waals surface area contributed by atoms with Crippen molar-refractivity contribution in [2.45, 2.75) is 62.4 Å². The zero-order valence-corrected chi connectivity index (χ0v) is 22.1. The van der Waals surface area contributed by atoms with Crippen molar-refractivity contribution in [3.63, 3.8) is 0 Å². The molecule has 0 radical (unpaired) electrons. The standard InChI is InChI=1S/C27H33N5O3S/c1-17(2)19-9-11-20(12-10-19)30-22-7-6-8-23(31-22)36(34,35)21-13-14-29-26(24(21)25(28)33)32-16-18(3)15-27(32,4)5/h6-14,17-18H,15-16H2,1-5H3,(H2,28,33)(H,30,31). The van der Waals surface area contributed by atoms with Gasteiger partial charge in [-0.2, -0.15) is 0 Å². The van der Waals surface area contributed by atoms with Crippen molar-refractivity contribution in [3.05, 3.63) is 65.9 Å². The third-order valence-corrected chi connectivity index (χ3v) is 8.30. The molecule has 1 aromatic carbocycles. The van der Waals surface area contributed by atoms with Crippen molar-refractivity contribution in [2.75, 3.05) is 16.8 Å². The number of carbonyl (C=O) groups is 1. The summed E-state index contributed by atoms with van der Waals surface area (Å²) in [6, 6.07) is 13.9. The maximum Gasteiger partial charge on any atom is 0.253 e. The lowest BCUT2D eigenvalue weighted by atomic mass is 9.97. The number of carbonyl (C=O) groups excluding carboxylic acids is 1. The second kappa shape index (κ2) is 9.54. The molecule has 0 aliphatic carbocycles. The molecule has 1 unspecified atom stereocenters. The lowest BCUT2D eigenvalue weighted by Crippen LogP contribution is -2.40. The van der Waals surface area contributed by atoms with Gasteiger partial charge in [-0.05, 0) is 68.0 Å². The van der Waals surface area contributed by atoms with Crippen LogP contribution in [0.4, 0.5) is 17.3 Å². The molecule has 1 saturated heterocycles. The maximum absolute atomic E-state index is 13.7. The molecule has 3 N–H and O–H groups in total. The van der Waals surface area contributed by atoms with Crippen LogP contribution in [0.5, 0.6) is 0 Å². The summed E-state index contributed by atoms with van der Waals surface area (Å²) in [7, 11) is -4.17. The third kappa shape index (κ3) is 4.93. The second-order valence-corrected chi connectivity index (χ2v) is 12.2. The number of rotatable bonds is 7. The van der Waals surface area contributed by atoms with Gasteiger partial charge in [0.1, 0.15) is 17.2 Å². The molecule has 190 valence electrons. The quantitative estimate of drug-likeness (QED) is 0.467. The fourth-order valence-electron chi connectivity index (χ4n) is 4.90. The molecule has 9 heteroatoms. The van der Waals surface area contributed by atoms with E-state index in [0.29, 0.717) is 24.2 Å². The van der Waals surface area contributed by atoms with E-state index in [1.807, 2.05) is 29.2 Å². The molecule has 4 rings (SSSR count). The number of benzene rings is 1. The van der Waals surface area contributed by atoms with Crippen LogP contribution in [0.3, 0.4) is 0 Å². The molecule has 36 heavy (non-hydrogen) atoms. The van der Waals surface area contributed by atoms with E-state index in [-0.39, 0.29) is 26.8 Å². The summed E-state index contributed by atoms with van der Waals surface area (Å²) in [6.45, 7) is 11.1. The minimum atomic E-state index is -4.17. The lowest BCUT2D eigenvalue weighted by molar-refractivity contribution is 0.0997. The fourth-order valence-corrected chi connectivity index (χ4v) is 6.30. The number of nitrogens with two attached hydrogens (primary N) is 1. The van der Waals surface area contributed by atoms with E-state index >= 15 is 0 Å². The van der Waals surface area contributed by atoms with Crippen LogP contribution in [0, 0.1) is 5.92 Å². The Labute approximate surface area is 212 Å². The van der Waals surface area contributed by atoms with Gasteiger partial charge in [0.15, 0.2) is 5.03 Å². The van der Waals surface area contributed by atoms with Gasteiger partial charge >= 0.3 is 0 Å². The molecule has 0 bridgehead atoms. The second-order valence-electron chi connectivity index (χ2n) is 10.4. The Morgan fingerprint density at radius 1 is 1.14 bits per heavy atom. The highest BCUT2D eigenvalue weighted by Crippen LogP contribution is 2.39. The summed E-state index contributed by atoms with van der Waals surface area (Å²) in [4.78, 5) is 23.2. The first kappa shape index (κ1) is 25.6. The topological polar surface area (TPSA) is 118 Å². The molecular formula is C27H33N5O3S. The molecule has 0 spiro atoms. The Balaban J connectivity index is 1.73. The van der Waals surface area contributed by atoms with E-state index in [0.717, 1.165) is 12.1 Å². The molecule has 3 aromatic rings. The van der Waals surface area contributed by atoms with Crippen molar-refractivity contribution in [1.29, 1.82) is 0 Å². The van der Waals surface area contributed by atoms with Crippen LogP contribution >= 0.6 is 0 Å². The van der Waals surface area contributed by atoms with Gasteiger partial charge in [0.25, 0.3) is 5.91 Å². The van der Waals surface area contributed by atoms with Crippen molar-refractivity contribution >= 4 is 33.1 Å². The Morgan fingerprint density at radius 2 is 1.83 bits per heavy atom. The molecule has 2 aromatic heterocycles. The minimum absolute atomic E-state index is 0.107. The zero-order chi connectivity index (χ0) is 26.3. The molecular weight excluding hydrogens is 474 g/mol. The highest BCUT2D eigenvalue weighted by molar-refractivity contribution is 7.91. The highest BCUT2D eigenvalue weighted by Gasteiger charge is 2.40. The Morgan fingerprint density at radius 3 is 2.42 bits per heavy atom. The van der Waals surface area contributed by atoms with E-state index in [1.165, 1.54) is 23.9 Å².